The number of hydrogen-bond acceptors (Lipinski definition) is 4. The van der Waals surface area contributed by atoms with Crippen molar-refractivity contribution >= 4 is 31.9 Å². The highest BCUT2D eigenvalue weighted by atomic mass is 79.9. The number of nitrogens with one attached hydrogen (secondary N) is 1. The third-order valence-corrected chi connectivity index (χ3v) is 5.49. The molecule has 0 saturated carbocycles. The molecular weight excluding hydrogens is 432 g/mol. The van der Waals surface area contributed by atoms with Gasteiger partial charge >= 0.3 is 0 Å². The fourth-order valence-electron chi connectivity index (χ4n) is 2.34. The number of carbonyl (C=O) groups is 1. The van der Waals surface area contributed by atoms with Gasteiger partial charge in [-0.15, -0.1) is 0 Å². The molecule has 2 aromatic carbocycles. The number of halogens is 1. The fraction of sp³-hybridized carbons (Fsp3) is 0.316. The number of benzene rings is 2. The van der Waals surface area contributed by atoms with Crippen LogP contribution in [0.2, 0.25) is 0 Å². The summed E-state index contributed by atoms with van der Waals surface area (Å²) in [5.41, 5.74) is 1.48. The van der Waals surface area contributed by atoms with Crippen molar-refractivity contribution in [1.29, 1.82) is 0 Å². The first-order valence-corrected chi connectivity index (χ1v) is 10.7. The quantitative estimate of drug-likeness (QED) is 0.654. The molecule has 0 spiro atoms. The van der Waals surface area contributed by atoms with E-state index in [4.69, 9.17) is 9.88 Å². The highest BCUT2D eigenvalue weighted by molar-refractivity contribution is 9.10. The van der Waals surface area contributed by atoms with E-state index < -0.39 is 15.9 Å². The number of amides is 1. The van der Waals surface area contributed by atoms with Gasteiger partial charge in [-0.1, -0.05) is 32.9 Å². The van der Waals surface area contributed by atoms with Crippen molar-refractivity contribution in [2.24, 2.45) is 5.14 Å². The first-order valence-electron chi connectivity index (χ1n) is 8.32. The third kappa shape index (κ3) is 6.05. The molecule has 0 atom stereocenters. The molecule has 2 aromatic rings. The summed E-state index contributed by atoms with van der Waals surface area (Å²) in [6.45, 7) is 6.98. The van der Waals surface area contributed by atoms with E-state index in [1.807, 2.05) is 24.3 Å². The monoisotopic (exact) mass is 454 g/mol. The first kappa shape index (κ1) is 21.4. The van der Waals surface area contributed by atoms with Gasteiger partial charge in [-0.25, -0.2) is 13.6 Å². The molecule has 0 aliphatic rings. The maximum absolute atomic E-state index is 12.3. The number of nitrogens with two attached hydrogens (primary N) is 1. The molecular formula is C19H23BrN2O4S. The summed E-state index contributed by atoms with van der Waals surface area (Å²) in [7, 11) is -3.88. The summed E-state index contributed by atoms with van der Waals surface area (Å²) in [6.07, 6.45) is 0. The van der Waals surface area contributed by atoms with Crippen LogP contribution in [-0.4, -0.2) is 27.5 Å². The van der Waals surface area contributed by atoms with Crippen LogP contribution in [0.1, 0.15) is 36.7 Å². The van der Waals surface area contributed by atoms with Gasteiger partial charge in [0.15, 0.2) is 0 Å². The lowest BCUT2D eigenvalue weighted by Gasteiger charge is -2.19. The van der Waals surface area contributed by atoms with Crippen molar-refractivity contribution in [1.82, 2.24) is 5.32 Å². The van der Waals surface area contributed by atoms with E-state index in [9.17, 15) is 13.2 Å². The van der Waals surface area contributed by atoms with Gasteiger partial charge in [0.25, 0.3) is 5.91 Å². The molecule has 0 fully saturated rings. The van der Waals surface area contributed by atoms with Gasteiger partial charge < -0.3 is 10.1 Å². The zero-order chi connectivity index (χ0) is 20.2. The minimum absolute atomic E-state index is 0.0748. The normalized spacial score (nSPS) is 11.9. The summed E-state index contributed by atoms with van der Waals surface area (Å²) < 4.78 is 29.0. The standard InChI is InChI=1S/C19H23BrN2O4S/c1-19(2,3)13-4-6-14(7-5-13)26-11-10-22-18(23)16-12-15(27(21,24)25)8-9-17(16)20/h4-9,12H,10-11H2,1-3H3,(H,22,23)(H2,21,24,25). The largest absolute Gasteiger partial charge is 0.492 e. The topological polar surface area (TPSA) is 98.5 Å². The number of ether oxygens (including phenoxy) is 1. The lowest BCUT2D eigenvalue weighted by atomic mass is 9.87. The molecule has 146 valence electrons. The summed E-state index contributed by atoms with van der Waals surface area (Å²) >= 11 is 3.24. The van der Waals surface area contributed by atoms with Crippen LogP contribution >= 0.6 is 15.9 Å². The minimum Gasteiger partial charge on any atom is -0.492 e. The van der Waals surface area contributed by atoms with Crippen molar-refractivity contribution < 1.29 is 17.9 Å². The second-order valence-corrected chi connectivity index (χ2v) is 9.48. The van der Waals surface area contributed by atoms with Crippen LogP contribution in [-0.2, 0) is 15.4 Å². The van der Waals surface area contributed by atoms with Crippen LogP contribution in [0.25, 0.3) is 0 Å². The Morgan fingerprint density at radius 3 is 2.33 bits per heavy atom. The predicted molar refractivity (Wildman–Crippen MR) is 108 cm³/mol. The lowest BCUT2D eigenvalue weighted by Crippen LogP contribution is -2.28. The van der Waals surface area contributed by atoms with Crippen molar-refractivity contribution in [2.45, 2.75) is 31.1 Å². The van der Waals surface area contributed by atoms with Crippen molar-refractivity contribution in [3.63, 3.8) is 0 Å². The SMILES string of the molecule is CC(C)(C)c1ccc(OCCNC(=O)c2cc(S(N)(=O)=O)ccc2Br)cc1. The van der Waals surface area contributed by atoms with Gasteiger partial charge in [0.2, 0.25) is 10.0 Å². The Balaban J connectivity index is 1.91. The Morgan fingerprint density at radius 2 is 1.78 bits per heavy atom. The Labute approximate surface area is 168 Å². The molecule has 0 unspecified atom stereocenters. The van der Waals surface area contributed by atoms with Crippen molar-refractivity contribution in [3.8, 4) is 5.75 Å². The Bertz CT molecular complexity index is 920. The first-order chi connectivity index (χ1) is 12.5. The molecule has 1 amide bonds. The van der Waals surface area contributed by atoms with Crippen molar-refractivity contribution in [2.75, 3.05) is 13.2 Å². The summed E-state index contributed by atoms with van der Waals surface area (Å²) in [5, 5.41) is 7.80. The van der Waals surface area contributed by atoms with E-state index >= 15 is 0 Å². The van der Waals surface area contributed by atoms with Crippen molar-refractivity contribution in [3.05, 3.63) is 58.1 Å². The number of rotatable bonds is 6. The molecule has 6 nitrogen and oxygen atoms in total. The van der Waals surface area contributed by atoms with Crippen LogP contribution in [0.5, 0.6) is 5.75 Å². The molecule has 0 radical (unpaired) electrons. The second kappa shape index (κ2) is 8.41. The number of primary sulfonamides is 1. The van der Waals surface area contributed by atoms with E-state index in [1.165, 1.54) is 23.8 Å². The molecule has 0 saturated heterocycles. The maximum Gasteiger partial charge on any atom is 0.252 e. The van der Waals surface area contributed by atoms with E-state index in [-0.39, 0.29) is 29.0 Å². The minimum atomic E-state index is -3.88. The van der Waals surface area contributed by atoms with Gasteiger partial charge in [-0.3, -0.25) is 4.79 Å². The molecule has 0 bridgehead atoms. The third-order valence-electron chi connectivity index (χ3n) is 3.89. The number of carbonyl (C=O) groups excluding carboxylic acids is 1. The van der Waals surface area contributed by atoms with Crippen LogP contribution in [0.3, 0.4) is 0 Å². The summed E-state index contributed by atoms with van der Waals surface area (Å²) in [6, 6.07) is 11.9. The Hall–Kier alpha value is -1.90. The zero-order valence-corrected chi connectivity index (χ0v) is 17.9. The van der Waals surface area contributed by atoms with E-state index in [0.717, 1.165) is 5.75 Å². The maximum atomic E-state index is 12.3. The van der Waals surface area contributed by atoms with Gasteiger partial charge in [0.05, 0.1) is 17.0 Å². The molecule has 2 rings (SSSR count). The molecule has 0 heterocycles. The number of hydrogen-bond donors (Lipinski definition) is 2. The van der Waals surface area contributed by atoms with Crippen LogP contribution in [0, 0.1) is 0 Å². The average molecular weight is 455 g/mol. The Kier molecular flexibility index (Phi) is 6.67. The fourth-order valence-corrected chi connectivity index (χ4v) is 3.30. The van der Waals surface area contributed by atoms with Crippen LogP contribution in [0.15, 0.2) is 51.8 Å². The molecule has 0 aromatic heterocycles. The summed E-state index contributed by atoms with van der Waals surface area (Å²) in [5.74, 6) is 0.300. The predicted octanol–water partition coefficient (Wildman–Crippen LogP) is 3.20. The average Bonchev–Trinajstić information content (AvgIpc) is 2.57. The van der Waals surface area contributed by atoms with Gasteiger partial charge in [-0.05, 0) is 57.2 Å². The second-order valence-electron chi connectivity index (χ2n) is 7.07. The Morgan fingerprint density at radius 1 is 1.15 bits per heavy atom. The molecule has 3 N–H and O–H groups in total. The van der Waals surface area contributed by atoms with Gasteiger partial charge in [0, 0.05) is 4.47 Å². The van der Waals surface area contributed by atoms with Crippen LogP contribution < -0.4 is 15.2 Å². The highest BCUT2D eigenvalue weighted by Gasteiger charge is 2.16. The van der Waals surface area contributed by atoms with E-state index in [2.05, 4.69) is 42.0 Å². The van der Waals surface area contributed by atoms with Gasteiger partial charge in [0.1, 0.15) is 12.4 Å². The smallest absolute Gasteiger partial charge is 0.252 e. The zero-order valence-electron chi connectivity index (χ0n) is 15.5. The summed E-state index contributed by atoms with van der Waals surface area (Å²) in [4.78, 5) is 12.2. The lowest BCUT2D eigenvalue weighted by molar-refractivity contribution is 0.0946. The van der Waals surface area contributed by atoms with E-state index in [1.54, 1.807) is 0 Å². The molecule has 0 aliphatic carbocycles. The molecule has 8 heteroatoms. The van der Waals surface area contributed by atoms with Crippen LogP contribution in [0.4, 0.5) is 0 Å². The highest BCUT2D eigenvalue weighted by Crippen LogP contribution is 2.24. The van der Waals surface area contributed by atoms with Gasteiger partial charge in [-0.2, -0.15) is 0 Å². The molecule has 0 aliphatic heterocycles. The number of sulfonamides is 1. The van der Waals surface area contributed by atoms with E-state index in [0.29, 0.717) is 4.47 Å². The molecule has 27 heavy (non-hydrogen) atoms.